The van der Waals surface area contributed by atoms with E-state index >= 15 is 0 Å². The maximum atomic E-state index is 11.9. The first kappa shape index (κ1) is 11.8. The van der Waals surface area contributed by atoms with Crippen LogP contribution in [0.15, 0.2) is 21.7 Å². The molecule has 2 heterocycles. The van der Waals surface area contributed by atoms with Crippen molar-refractivity contribution < 1.29 is 0 Å². The normalized spacial score (nSPS) is 15.5. The van der Waals surface area contributed by atoms with Crippen molar-refractivity contribution in [3.8, 4) is 0 Å². The van der Waals surface area contributed by atoms with Gasteiger partial charge in [-0.25, -0.2) is 4.79 Å². The zero-order valence-corrected chi connectivity index (χ0v) is 10.8. The second-order valence-electron chi connectivity index (χ2n) is 4.77. The van der Waals surface area contributed by atoms with Crippen LogP contribution in [0.25, 0.3) is 11.2 Å². The van der Waals surface area contributed by atoms with Crippen LogP contribution in [0, 0.1) is 0 Å². The van der Waals surface area contributed by atoms with Crippen molar-refractivity contribution in [3.63, 3.8) is 0 Å². The van der Waals surface area contributed by atoms with Crippen LogP contribution in [0.3, 0.4) is 0 Å². The van der Waals surface area contributed by atoms with Crippen LogP contribution in [0.1, 0.15) is 12.8 Å². The van der Waals surface area contributed by atoms with E-state index in [0.717, 1.165) is 12.8 Å². The summed E-state index contributed by atoms with van der Waals surface area (Å²) in [6, 6.07) is 0.298. The zero-order chi connectivity index (χ0) is 13.6. The second kappa shape index (κ2) is 4.11. The third-order valence-corrected chi connectivity index (χ3v) is 3.48. The number of anilines is 1. The Balaban J connectivity index is 2.14. The molecule has 2 aromatic heterocycles. The molecular formula is C12H15N5O2. The van der Waals surface area contributed by atoms with E-state index in [-0.39, 0.29) is 0 Å². The Kier molecular flexibility index (Phi) is 2.55. The average molecular weight is 261 g/mol. The smallest absolute Gasteiger partial charge is 0.329 e. The molecule has 0 radical (unpaired) electrons. The molecule has 0 saturated heterocycles. The molecule has 2 aromatic rings. The highest BCUT2D eigenvalue weighted by molar-refractivity contribution is 5.73. The van der Waals surface area contributed by atoms with E-state index in [1.807, 2.05) is 0 Å². The SMILES string of the molecule is Cn1c(NC2CC=CC2)nc2c1c(=O)[nH]c(=O)n2C. The van der Waals surface area contributed by atoms with E-state index < -0.39 is 11.2 Å². The van der Waals surface area contributed by atoms with Crippen molar-refractivity contribution in [1.29, 1.82) is 0 Å². The standard InChI is InChI=1S/C12H15N5O2/c1-16-8-9(17(2)12(19)15-10(8)18)14-11(16)13-7-5-3-4-6-7/h3-4,7H,5-6H2,1-2H3,(H,13,14)(H,15,18,19). The Morgan fingerprint density at radius 3 is 2.63 bits per heavy atom. The van der Waals surface area contributed by atoms with Gasteiger partial charge in [0, 0.05) is 20.1 Å². The highest BCUT2D eigenvalue weighted by Crippen LogP contribution is 2.18. The maximum Gasteiger partial charge on any atom is 0.329 e. The number of fused-ring (bicyclic) bond motifs is 1. The Morgan fingerprint density at radius 1 is 1.26 bits per heavy atom. The molecule has 0 amide bonds. The van der Waals surface area contributed by atoms with Crippen molar-refractivity contribution in [1.82, 2.24) is 19.1 Å². The summed E-state index contributed by atoms with van der Waals surface area (Å²) in [6.07, 6.45) is 6.11. The third-order valence-electron chi connectivity index (χ3n) is 3.48. The van der Waals surface area contributed by atoms with E-state index in [0.29, 0.717) is 23.2 Å². The van der Waals surface area contributed by atoms with Crippen LogP contribution in [-0.4, -0.2) is 25.1 Å². The monoisotopic (exact) mass is 261 g/mol. The van der Waals surface area contributed by atoms with Crippen LogP contribution in [0.5, 0.6) is 0 Å². The fraction of sp³-hybridized carbons (Fsp3) is 0.417. The predicted molar refractivity (Wildman–Crippen MR) is 72.4 cm³/mol. The van der Waals surface area contributed by atoms with Crippen LogP contribution >= 0.6 is 0 Å². The first-order chi connectivity index (χ1) is 9.08. The number of aromatic amines is 1. The predicted octanol–water partition coefficient (Wildman–Crippen LogP) is 0.0908. The van der Waals surface area contributed by atoms with Gasteiger partial charge in [-0.05, 0) is 12.8 Å². The van der Waals surface area contributed by atoms with Crippen LogP contribution in [0.4, 0.5) is 5.95 Å². The van der Waals surface area contributed by atoms with Gasteiger partial charge in [-0.3, -0.25) is 14.3 Å². The quantitative estimate of drug-likeness (QED) is 0.750. The second-order valence-corrected chi connectivity index (χ2v) is 4.77. The molecule has 3 rings (SSSR count). The summed E-state index contributed by atoms with van der Waals surface area (Å²) in [5.41, 5.74) is -0.0735. The summed E-state index contributed by atoms with van der Waals surface area (Å²) in [5.74, 6) is 0.607. The summed E-state index contributed by atoms with van der Waals surface area (Å²) in [7, 11) is 3.36. The number of H-pyrrole nitrogens is 1. The van der Waals surface area contributed by atoms with E-state index in [2.05, 4.69) is 27.4 Å². The number of nitrogens with one attached hydrogen (secondary N) is 2. The van der Waals surface area contributed by atoms with Gasteiger partial charge in [-0.15, -0.1) is 0 Å². The Labute approximate surface area is 108 Å². The lowest BCUT2D eigenvalue weighted by Gasteiger charge is -2.12. The summed E-state index contributed by atoms with van der Waals surface area (Å²) in [6.45, 7) is 0. The molecule has 0 aliphatic heterocycles. The van der Waals surface area contributed by atoms with Crippen LogP contribution in [-0.2, 0) is 14.1 Å². The van der Waals surface area contributed by atoms with Gasteiger partial charge in [-0.1, -0.05) is 12.2 Å². The molecule has 2 N–H and O–H groups in total. The Morgan fingerprint density at radius 2 is 1.95 bits per heavy atom. The van der Waals surface area contributed by atoms with Gasteiger partial charge in [0.05, 0.1) is 0 Å². The lowest BCUT2D eigenvalue weighted by molar-refractivity contribution is 0.760. The third kappa shape index (κ3) is 1.78. The van der Waals surface area contributed by atoms with Crippen molar-refractivity contribution in [3.05, 3.63) is 33.0 Å². The van der Waals surface area contributed by atoms with E-state index in [9.17, 15) is 9.59 Å². The minimum atomic E-state index is -0.454. The highest BCUT2D eigenvalue weighted by Gasteiger charge is 2.17. The molecule has 0 saturated carbocycles. The van der Waals surface area contributed by atoms with Crippen molar-refractivity contribution >= 4 is 17.1 Å². The van der Waals surface area contributed by atoms with E-state index in [1.165, 1.54) is 4.57 Å². The molecular weight excluding hydrogens is 246 g/mol. The Hall–Kier alpha value is -2.31. The number of hydrogen-bond donors (Lipinski definition) is 2. The minimum absolute atomic E-state index is 0.298. The maximum absolute atomic E-state index is 11.9. The molecule has 7 heteroatoms. The molecule has 1 aliphatic carbocycles. The van der Waals surface area contributed by atoms with Crippen LogP contribution in [0.2, 0.25) is 0 Å². The van der Waals surface area contributed by atoms with Crippen LogP contribution < -0.4 is 16.6 Å². The number of rotatable bonds is 2. The number of aryl methyl sites for hydroxylation is 2. The van der Waals surface area contributed by atoms with Gasteiger partial charge in [0.25, 0.3) is 5.56 Å². The summed E-state index contributed by atoms with van der Waals surface area (Å²) in [5, 5.41) is 3.29. The van der Waals surface area contributed by atoms with Crippen molar-refractivity contribution in [2.75, 3.05) is 5.32 Å². The van der Waals surface area contributed by atoms with E-state index in [1.54, 1.807) is 18.7 Å². The van der Waals surface area contributed by atoms with Gasteiger partial charge < -0.3 is 9.88 Å². The van der Waals surface area contributed by atoms with Gasteiger partial charge in [0.2, 0.25) is 5.95 Å². The first-order valence-electron chi connectivity index (χ1n) is 6.15. The van der Waals surface area contributed by atoms with Gasteiger partial charge in [-0.2, -0.15) is 4.98 Å². The number of nitrogens with zero attached hydrogens (tertiary/aromatic N) is 3. The van der Waals surface area contributed by atoms with Gasteiger partial charge in [0.15, 0.2) is 11.2 Å². The lowest BCUT2D eigenvalue weighted by Crippen LogP contribution is -2.29. The topological polar surface area (TPSA) is 84.7 Å². The molecule has 19 heavy (non-hydrogen) atoms. The molecule has 1 aliphatic rings. The lowest BCUT2D eigenvalue weighted by atomic mass is 10.2. The highest BCUT2D eigenvalue weighted by atomic mass is 16.2. The molecule has 0 aromatic carbocycles. The number of hydrogen-bond acceptors (Lipinski definition) is 4. The number of aromatic nitrogens is 4. The minimum Gasteiger partial charge on any atom is -0.352 e. The molecule has 7 nitrogen and oxygen atoms in total. The van der Waals surface area contributed by atoms with Crippen molar-refractivity contribution in [2.24, 2.45) is 14.1 Å². The van der Waals surface area contributed by atoms with Gasteiger partial charge >= 0.3 is 5.69 Å². The molecule has 0 spiro atoms. The average Bonchev–Trinajstić information content (AvgIpc) is 2.97. The zero-order valence-electron chi connectivity index (χ0n) is 10.8. The largest absolute Gasteiger partial charge is 0.352 e. The summed E-state index contributed by atoms with van der Waals surface area (Å²) >= 11 is 0. The summed E-state index contributed by atoms with van der Waals surface area (Å²) in [4.78, 5) is 30.0. The Bertz CT molecular complexity index is 772. The van der Waals surface area contributed by atoms with Gasteiger partial charge in [0.1, 0.15) is 0 Å². The first-order valence-corrected chi connectivity index (χ1v) is 6.15. The van der Waals surface area contributed by atoms with Crippen molar-refractivity contribution in [2.45, 2.75) is 18.9 Å². The molecule has 0 atom stereocenters. The molecule has 0 bridgehead atoms. The fourth-order valence-corrected chi connectivity index (χ4v) is 2.35. The molecule has 0 fully saturated rings. The number of imidazole rings is 1. The van der Waals surface area contributed by atoms with E-state index in [4.69, 9.17) is 0 Å². The summed E-state index contributed by atoms with van der Waals surface area (Å²) < 4.78 is 3.03. The fourth-order valence-electron chi connectivity index (χ4n) is 2.35. The molecule has 0 unspecified atom stereocenters. The molecule has 100 valence electrons.